The van der Waals surface area contributed by atoms with Gasteiger partial charge in [0.25, 0.3) is 5.91 Å². The topological polar surface area (TPSA) is 87.3 Å². The lowest BCUT2D eigenvalue weighted by Crippen LogP contribution is -2.44. The molecule has 2 N–H and O–H groups in total. The number of H-pyrrole nitrogens is 1. The Kier molecular flexibility index (Phi) is 5.75. The van der Waals surface area contributed by atoms with Crippen molar-refractivity contribution < 1.29 is 14.3 Å². The first-order valence-electron chi connectivity index (χ1n) is 10.3. The quantitative estimate of drug-likeness (QED) is 0.644. The summed E-state index contributed by atoms with van der Waals surface area (Å²) in [6, 6.07) is 17.7. The summed E-state index contributed by atoms with van der Waals surface area (Å²) in [6.45, 7) is 0.906. The van der Waals surface area contributed by atoms with Crippen molar-refractivity contribution in [3.8, 4) is 16.9 Å². The van der Waals surface area contributed by atoms with Crippen LogP contribution in [-0.4, -0.2) is 54.2 Å². The lowest BCUT2D eigenvalue weighted by Gasteiger charge is -2.27. The van der Waals surface area contributed by atoms with E-state index in [1.807, 2.05) is 48.5 Å². The van der Waals surface area contributed by atoms with Crippen LogP contribution in [0.4, 0.5) is 0 Å². The minimum atomic E-state index is -0.656. The fourth-order valence-corrected chi connectivity index (χ4v) is 4.34. The molecule has 0 saturated carbocycles. The van der Waals surface area contributed by atoms with E-state index in [-0.39, 0.29) is 11.8 Å². The van der Waals surface area contributed by atoms with Crippen LogP contribution in [0.1, 0.15) is 22.5 Å². The van der Waals surface area contributed by atoms with Crippen molar-refractivity contribution in [2.45, 2.75) is 12.8 Å². The van der Waals surface area contributed by atoms with Gasteiger partial charge in [-0.05, 0) is 36.1 Å². The van der Waals surface area contributed by atoms with Crippen LogP contribution in [0, 0.1) is 5.41 Å². The average molecular weight is 418 g/mol. The van der Waals surface area contributed by atoms with Gasteiger partial charge >= 0.3 is 0 Å². The Bertz CT molecular complexity index is 1060. The van der Waals surface area contributed by atoms with E-state index in [1.54, 1.807) is 31.3 Å². The van der Waals surface area contributed by atoms with Gasteiger partial charge in [-0.1, -0.05) is 42.5 Å². The monoisotopic (exact) mass is 418 g/mol. The Balaban J connectivity index is 1.55. The molecule has 1 fully saturated rings. The molecule has 1 aliphatic heterocycles. The van der Waals surface area contributed by atoms with E-state index in [2.05, 4.69) is 15.5 Å². The SMILES string of the molecule is CNC(=O)[C@]1(Cc2ccc(-c3ccccc3OC)cc2)CCN(C(=O)c2ccn[nH]2)C1. The van der Waals surface area contributed by atoms with Crippen molar-refractivity contribution in [2.75, 3.05) is 27.2 Å². The van der Waals surface area contributed by atoms with Crippen molar-refractivity contribution in [2.24, 2.45) is 5.41 Å². The summed E-state index contributed by atoms with van der Waals surface area (Å²) in [5.74, 6) is 0.650. The Morgan fingerprint density at radius 2 is 1.94 bits per heavy atom. The van der Waals surface area contributed by atoms with Gasteiger partial charge in [0.2, 0.25) is 5.91 Å². The molecule has 2 amide bonds. The molecule has 0 spiro atoms. The molecule has 1 saturated heterocycles. The molecule has 1 aromatic heterocycles. The first-order valence-corrected chi connectivity index (χ1v) is 10.3. The van der Waals surface area contributed by atoms with Crippen molar-refractivity contribution in [3.63, 3.8) is 0 Å². The highest BCUT2D eigenvalue weighted by Gasteiger charge is 2.45. The summed E-state index contributed by atoms with van der Waals surface area (Å²) in [4.78, 5) is 27.3. The van der Waals surface area contributed by atoms with Crippen LogP contribution in [0.5, 0.6) is 5.75 Å². The molecule has 7 nitrogen and oxygen atoms in total. The molecule has 2 heterocycles. The van der Waals surface area contributed by atoms with Crippen LogP contribution in [0.2, 0.25) is 0 Å². The number of likely N-dealkylation sites (tertiary alicyclic amines) is 1. The number of carbonyl (C=O) groups excluding carboxylic acids is 2. The van der Waals surface area contributed by atoms with Crippen LogP contribution < -0.4 is 10.1 Å². The molecule has 4 rings (SSSR count). The number of nitrogens with zero attached hydrogens (tertiary/aromatic N) is 2. The van der Waals surface area contributed by atoms with Gasteiger partial charge in [-0.2, -0.15) is 5.10 Å². The van der Waals surface area contributed by atoms with E-state index >= 15 is 0 Å². The smallest absolute Gasteiger partial charge is 0.271 e. The summed E-state index contributed by atoms with van der Waals surface area (Å²) in [7, 11) is 3.31. The molecule has 3 aromatic rings. The van der Waals surface area contributed by atoms with E-state index in [9.17, 15) is 9.59 Å². The summed E-state index contributed by atoms with van der Waals surface area (Å²) >= 11 is 0. The van der Waals surface area contributed by atoms with E-state index in [0.717, 1.165) is 22.4 Å². The third-order valence-corrected chi connectivity index (χ3v) is 6.00. The molecule has 7 heteroatoms. The van der Waals surface area contributed by atoms with Gasteiger partial charge in [0.05, 0.1) is 12.5 Å². The number of ether oxygens (including phenoxy) is 1. The second-order valence-electron chi connectivity index (χ2n) is 7.88. The predicted octanol–water partition coefficient (Wildman–Crippen LogP) is 2.91. The number of amides is 2. The minimum absolute atomic E-state index is 0.0405. The molecule has 2 aromatic carbocycles. The van der Waals surface area contributed by atoms with Gasteiger partial charge in [0, 0.05) is 31.9 Å². The minimum Gasteiger partial charge on any atom is -0.496 e. The molecule has 31 heavy (non-hydrogen) atoms. The maximum absolute atomic E-state index is 12.9. The van der Waals surface area contributed by atoms with Gasteiger partial charge < -0.3 is 15.0 Å². The zero-order valence-corrected chi connectivity index (χ0v) is 17.7. The second-order valence-corrected chi connectivity index (χ2v) is 7.88. The molecule has 0 bridgehead atoms. The standard InChI is InChI=1S/C24H26N4O3/c1-25-23(30)24(12-14-28(16-24)22(29)20-11-13-26-27-20)15-17-7-9-18(10-8-17)19-5-3-4-6-21(19)31-2/h3-11,13H,12,14-16H2,1-2H3,(H,25,30)(H,26,27)/t24-/m0/s1. The fraction of sp³-hybridized carbons (Fsp3) is 0.292. The number of aromatic amines is 1. The average Bonchev–Trinajstić information content (AvgIpc) is 3.50. The number of methoxy groups -OCH3 is 1. The number of benzene rings is 2. The van der Waals surface area contributed by atoms with Crippen molar-refractivity contribution in [3.05, 3.63) is 72.1 Å². The van der Waals surface area contributed by atoms with E-state index < -0.39 is 5.41 Å². The predicted molar refractivity (Wildman–Crippen MR) is 118 cm³/mol. The summed E-state index contributed by atoms with van der Waals surface area (Å²) in [5.41, 5.74) is 2.91. The van der Waals surface area contributed by atoms with Crippen LogP contribution >= 0.6 is 0 Å². The maximum Gasteiger partial charge on any atom is 0.271 e. The van der Waals surface area contributed by atoms with E-state index in [4.69, 9.17) is 4.74 Å². The molecule has 1 aliphatic rings. The lowest BCUT2D eigenvalue weighted by molar-refractivity contribution is -0.129. The zero-order chi connectivity index (χ0) is 21.8. The number of rotatable bonds is 6. The molecular formula is C24H26N4O3. The number of aromatic nitrogens is 2. The third-order valence-electron chi connectivity index (χ3n) is 6.00. The summed E-state index contributed by atoms with van der Waals surface area (Å²) in [6.07, 6.45) is 2.73. The second kappa shape index (κ2) is 8.63. The number of hydrogen-bond acceptors (Lipinski definition) is 4. The van der Waals surface area contributed by atoms with Crippen LogP contribution in [0.15, 0.2) is 60.8 Å². The Morgan fingerprint density at radius 1 is 1.16 bits per heavy atom. The molecular weight excluding hydrogens is 392 g/mol. The first-order chi connectivity index (χ1) is 15.1. The number of carbonyl (C=O) groups is 2. The van der Waals surface area contributed by atoms with Crippen molar-refractivity contribution in [1.82, 2.24) is 20.4 Å². The van der Waals surface area contributed by atoms with Gasteiger partial charge in [-0.25, -0.2) is 0 Å². The van der Waals surface area contributed by atoms with Crippen LogP contribution in [-0.2, 0) is 11.2 Å². The molecule has 1 atom stereocenters. The number of para-hydroxylation sites is 1. The fourth-order valence-electron chi connectivity index (χ4n) is 4.34. The normalized spacial score (nSPS) is 18.1. The first kappa shape index (κ1) is 20.7. The Morgan fingerprint density at radius 3 is 2.61 bits per heavy atom. The highest BCUT2D eigenvalue weighted by atomic mass is 16.5. The molecule has 0 aliphatic carbocycles. The summed E-state index contributed by atoms with van der Waals surface area (Å²) < 4.78 is 5.47. The Hall–Kier alpha value is -3.61. The number of nitrogens with one attached hydrogen (secondary N) is 2. The largest absolute Gasteiger partial charge is 0.496 e. The van der Waals surface area contributed by atoms with Gasteiger partial charge in [-0.3, -0.25) is 14.7 Å². The number of hydrogen-bond donors (Lipinski definition) is 2. The lowest BCUT2D eigenvalue weighted by atomic mass is 9.79. The van der Waals surface area contributed by atoms with E-state index in [0.29, 0.717) is 31.6 Å². The summed E-state index contributed by atoms with van der Waals surface area (Å²) in [5, 5.41) is 9.37. The maximum atomic E-state index is 12.9. The Labute approximate surface area is 181 Å². The van der Waals surface area contributed by atoms with Crippen LogP contribution in [0.3, 0.4) is 0 Å². The highest BCUT2D eigenvalue weighted by Crippen LogP contribution is 2.36. The third kappa shape index (κ3) is 4.03. The van der Waals surface area contributed by atoms with Gasteiger partial charge in [-0.15, -0.1) is 0 Å². The molecule has 0 unspecified atom stereocenters. The zero-order valence-electron chi connectivity index (χ0n) is 17.7. The van der Waals surface area contributed by atoms with Crippen molar-refractivity contribution >= 4 is 11.8 Å². The van der Waals surface area contributed by atoms with Crippen molar-refractivity contribution in [1.29, 1.82) is 0 Å². The molecule has 160 valence electrons. The molecule has 0 radical (unpaired) electrons. The van der Waals surface area contributed by atoms with E-state index in [1.165, 1.54) is 0 Å². The van der Waals surface area contributed by atoms with Gasteiger partial charge in [0.15, 0.2) is 0 Å². The van der Waals surface area contributed by atoms with Crippen LogP contribution in [0.25, 0.3) is 11.1 Å². The van der Waals surface area contributed by atoms with Gasteiger partial charge in [0.1, 0.15) is 11.4 Å². The highest BCUT2D eigenvalue weighted by molar-refractivity contribution is 5.93.